The summed E-state index contributed by atoms with van der Waals surface area (Å²) in [6.45, 7) is 3.51. The summed E-state index contributed by atoms with van der Waals surface area (Å²) in [5.74, 6) is -1.38. The Morgan fingerprint density at radius 2 is 1.90 bits per heavy atom. The fraction of sp³-hybridized carbons (Fsp3) is 0.533. The van der Waals surface area contributed by atoms with Crippen LogP contribution in [-0.4, -0.2) is 33.1 Å². The second-order valence-electron chi connectivity index (χ2n) is 4.93. The van der Waals surface area contributed by atoms with Crippen LogP contribution in [0.2, 0.25) is 0 Å². The van der Waals surface area contributed by atoms with E-state index < -0.39 is 11.6 Å². The van der Waals surface area contributed by atoms with Gasteiger partial charge in [-0.05, 0) is 30.7 Å². The van der Waals surface area contributed by atoms with Crippen LogP contribution in [0.15, 0.2) is 12.1 Å². The molecule has 0 spiro atoms. The largest absolute Gasteiger partial charge is 0.369 e. The zero-order valence-corrected chi connectivity index (χ0v) is 12.8. The molecule has 0 aliphatic carbocycles. The summed E-state index contributed by atoms with van der Waals surface area (Å²) in [4.78, 5) is 12.6. The second-order valence-corrected chi connectivity index (χ2v) is 4.93. The molecule has 0 saturated heterocycles. The van der Waals surface area contributed by atoms with Gasteiger partial charge in [0.15, 0.2) is 0 Å². The Morgan fingerprint density at radius 1 is 1.29 bits per heavy atom. The predicted molar refractivity (Wildman–Crippen MR) is 80.3 cm³/mol. The number of nitrogens with one attached hydrogen (secondary N) is 2. The highest BCUT2D eigenvalue weighted by atomic mass is 19.1. The van der Waals surface area contributed by atoms with Gasteiger partial charge in [0.25, 0.3) is 0 Å². The topological polar surface area (TPSA) is 44.4 Å². The van der Waals surface area contributed by atoms with Gasteiger partial charge in [0.2, 0.25) is 5.91 Å². The van der Waals surface area contributed by atoms with Gasteiger partial charge in [0, 0.05) is 33.6 Å². The lowest BCUT2D eigenvalue weighted by Crippen LogP contribution is -2.27. The van der Waals surface area contributed by atoms with Crippen LogP contribution >= 0.6 is 0 Å². The van der Waals surface area contributed by atoms with E-state index in [9.17, 15) is 13.6 Å². The number of hydrogen-bond donors (Lipinski definition) is 2. The summed E-state index contributed by atoms with van der Waals surface area (Å²) < 4.78 is 28.1. The Bertz CT molecular complexity index is 457. The second kappa shape index (κ2) is 8.56. The predicted octanol–water partition coefficient (Wildman–Crippen LogP) is 2.04. The van der Waals surface area contributed by atoms with Crippen LogP contribution in [-0.2, 0) is 11.3 Å². The number of anilines is 1. The van der Waals surface area contributed by atoms with E-state index >= 15 is 0 Å². The van der Waals surface area contributed by atoms with Crippen molar-refractivity contribution in [1.29, 1.82) is 0 Å². The fourth-order valence-corrected chi connectivity index (χ4v) is 2.00. The maximum absolute atomic E-state index is 14.1. The van der Waals surface area contributed by atoms with Gasteiger partial charge in [-0.3, -0.25) is 4.79 Å². The number of nitrogens with zero attached hydrogens (tertiary/aromatic N) is 1. The molecule has 2 N–H and O–H groups in total. The van der Waals surface area contributed by atoms with Crippen LogP contribution < -0.4 is 15.5 Å². The monoisotopic (exact) mass is 299 g/mol. The Morgan fingerprint density at radius 3 is 2.43 bits per heavy atom. The van der Waals surface area contributed by atoms with Crippen molar-refractivity contribution in [1.82, 2.24) is 10.6 Å². The third-order valence-corrected chi connectivity index (χ3v) is 3.17. The molecule has 1 aromatic rings. The minimum atomic E-state index is -0.609. The van der Waals surface area contributed by atoms with E-state index in [1.807, 2.05) is 6.92 Å². The number of carbonyl (C=O) groups excluding carboxylic acids is 1. The lowest BCUT2D eigenvalue weighted by Gasteiger charge is -2.21. The average molecular weight is 299 g/mol. The number of benzene rings is 1. The van der Waals surface area contributed by atoms with Gasteiger partial charge >= 0.3 is 0 Å². The molecule has 0 fully saturated rings. The van der Waals surface area contributed by atoms with Crippen LogP contribution in [0.4, 0.5) is 14.5 Å². The quantitative estimate of drug-likeness (QED) is 0.722. The molecule has 0 radical (unpaired) electrons. The molecule has 6 heteroatoms. The molecule has 0 bridgehead atoms. The van der Waals surface area contributed by atoms with E-state index in [2.05, 4.69) is 10.6 Å². The van der Waals surface area contributed by atoms with Crippen molar-refractivity contribution >= 4 is 11.6 Å². The van der Waals surface area contributed by atoms with E-state index in [1.165, 1.54) is 24.1 Å². The van der Waals surface area contributed by atoms with Crippen LogP contribution in [0.25, 0.3) is 0 Å². The van der Waals surface area contributed by atoms with Crippen molar-refractivity contribution in [3.63, 3.8) is 0 Å². The first-order valence-corrected chi connectivity index (χ1v) is 7.10. The molecule has 4 nitrogen and oxygen atoms in total. The van der Waals surface area contributed by atoms with Crippen LogP contribution in [0.3, 0.4) is 0 Å². The Kier molecular flexibility index (Phi) is 7.08. The van der Waals surface area contributed by atoms with Gasteiger partial charge in [0.05, 0.1) is 0 Å². The molecule has 21 heavy (non-hydrogen) atoms. The van der Waals surface area contributed by atoms with Crippen LogP contribution in [0.1, 0.15) is 25.3 Å². The molecule has 0 unspecified atom stereocenters. The van der Waals surface area contributed by atoms with E-state index in [0.29, 0.717) is 12.1 Å². The summed E-state index contributed by atoms with van der Waals surface area (Å²) in [5, 5.41) is 5.58. The van der Waals surface area contributed by atoms with Crippen LogP contribution in [0, 0.1) is 11.6 Å². The minimum Gasteiger partial charge on any atom is -0.369 e. The molecule has 0 aliphatic heterocycles. The zero-order chi connectivity index (χ0) is 15.8. The van der Waals surface area contributed by atoms with E-state index in [4.69, 9.17) is 0 Å². The number of halogens is 2. The highest BCUT2D eigenvalue weighted by Crippen LogP contribution is 2.24. The molecule has 118 valence electrons. The van der Waals surface area contributed by atoms with Crippen molar-refractivity contribution in [3.8, 4) is 0 Å². The first-order valence-electron chi connectivity index (χ1n) is 7.10. The average Bonchev–Trinajstić information content (AvgIpc) is 2.44. The number of hydrogen-bond acceptors (Lipinski definition) is 3. The van der Waals surface area contributed by atoms with E-state index in [1.54, 1.807) is 7.05 Å². The molecule has 0 aliphatic rings. The normalized spacial score (nSPS) is 10.5. The molecule has 1 aromatic carbocycles. The lowest BCUT2D eigenvalue weighted by atomic mass is 10.1. The van der Waals surface area contributed by atoms with Crippen molar-refractivity contribution in [2.24, 2.45) is 0 Å². The molecule has 1 amide bonds. The molecule has 0 heterocycles. The van der Waals surface area contributed by atoms with Crippen molar-refractivity contribution < 1.29 is 13.6 Å². The molecule has 0 aromatic heterocycles. The van der Waals surface area contributed by atoms with E-state index in [-0.39, 0.29) is 24.6 Å². The number of carbonyl (C=O) groups is 1. The summed E-state index contributed by atoms with van der Waals surface area (Å²) in [5.41, 5.74) is 0.472. The van der Waals surface area contributed by atoms with Gasteiger partial charge in [-0.1, -0.05) is 6.92 Å². The molecule has 0 saturated carbocycles. The highest BCUT2D eigenvalue weighted by Gasteiger charge is 2.16. The van der Waals surface area contributed by atoms with Crippen molar-refractivity contribution in [3.05, 3.63) is 29.3 Å². The number of rotatable bonds is 8. The highest BCUT2D eigenvalue weighted by molar-refractivity contribution is 5.76. The summed E-state index contributed by atoms with van der Waals surface area (Å²) in [6.07, 6.45) is 1.15. The summed E-state index contributed by atoms with van der Waals surface area (Å²) in [7, 11) is 3.10. The maximum atomic E-state index is 14.1. The smallest absolute Gasteiger partial charge is 0.221 e. The summed E-state index contributed by atoms with van der Waals surface area (Å²) in [6, 6.07) is 2.66. The zero-order valence-electron chi connectivity index (χ0n) is 12.8. The minimum absolute atomic E-state index is 0.0989. The van der Waals surface area contributed by atoms with Gasteiger partial charge in [-0.25, -0.2) is 8.78 Å². The fourth-order valence-electron chi connectivity index (χ4n) is 2.00. The first kappa shape index (κ1) is 17.4. The third-order valence-electron chi connectivity index (χ3n) is 3.17. The standard InChI is InChI=1S/C15H23F2N3O/c1-4-6-19-10-11-8-12(16)15(13(17)9-11)20(3)7-5-14(21)18-2/h8-9,19H,4-7,10H2,1-3H3,(H,18,21). The molecule has 1 rings (SSSR count). The van der Waals surface area contributed by atoms with Crippen molar-refractivity contribution in [2.75, 3.05) is 32.1 Å². The Labute approximate surface area is 124 Å². The van der Waals surface area contributed by atoms with Gasteiger partial charge in [0.1, 0.15) is 17.3 Å². The maximum Gasteiger partial charge on any atom is 0.221 e. The Hall–Kier alpha value is -1.69. The summed E-state index contributed by atoms with van der Waals surface area (Å²) >= 11 is 0. The van der Waals surface area contributed by atoms with Gasteiger partial charge in [-0.2, -0.15) is 0 Å². The van der Waals surface area contributed by atoms with E-state index in [0.717, 1.165) is 13.0 Å². The van der Waals surface area contributed by atoms with Crippen LogP contribution in [0.5, 0.6) is 0 Å². The molecular formula is C15H23F2N3O. The third kappa shape index (κ3) is 5.30. The lowest BCUT2D eigenvalue weighted by molar-refractivity contribution is -0.120. The Balaban J connectivity index is 2.76. The molecular weight excluding hydrogens is 276 g/mol. The first-order chi connectivity index (χ1) is 9.99. The van der Waals surface area contributed by atoms with Crippen molar-refractivity contribution in [2.45, 2.75) is 26.3 Å². The molecule has 0 atom stereocenters. The number of amides is 1. The van der Waals surface area contributed by atoms with Gasteiger partial charge in [-0.15, -0.1) is 0 Å². The van der Waals surface area contributed by atoms with Gasteiger partial charge < -0.3 is 15.5 Å². The SMILES string of the molecule is CCCNCc1cc(F)c(N(C)CCC(=O)NC)c(F)c1.